The van der Waals surface area contributed by atoms with Crippen molar-refractivity contribution in [1.82, 2.24) is 0 Å². The maximum Gasteiger partial charge on any atom is 0.284 e. The minimum Gasteiger partial charge on any atom is -0.274 e. The molecule has 0 bridgehead atoms. The number of nitrogens with zero attached hydrogens (tertiary/aromatic N) is 4. The standard InChI is InChI=1S/C30H24N4O3S3/c35-27-16-18-39-30(33(27)21-8-2-1-3-9-21)32-40(36,37)23-14-12-22(13-15-23)34-29(26-11-6-17-38-26)25-19-20-7-4-5-10-24(20)28(25)31-34/h1-15,17,25,29H,16,18-19H2. The molecule has 10 heteroatoms. The minimum absolute atomic E-state index is 0.0363. The van der Waals surface area contributed by atoms with Crippen LogP contribution in [0.4, 0.5) is 11.4 Å². The van der Waals surface area contributed by atoms with Gasteiger partial charge >= 0.3 is 0 Å². The zero-order valence-electron chi connectivity index (χ0n) is 21.3. The molecule has 3 aromatic carbocycles. The van der Waals surface area contributed by atoms with Crippen molar-refractivity contribution in [3.8, 4) is 0 Å². The molecular formula is C30H24N4O3S3. The second kappa shape index (κ2) is 10.0. The van der Waals surface area contributed by atoms with E-state index in [0.717, 1.165) is 17.8 Å². The van der Waals surface area contributed by atoms with Crippen LogP contribution in [0.3, 0.4) is 0 Å². The number of hydrogen-bond acceptors (Lipinski definition) is 7. The van der Waals surface area contributed by atoms with Crippen LogP contribution in [0.15, 0.2) is 111 Å². The Balaban J connectivity index is 1.22. The lowest BCUT2D eigenvalue weighted by Crippen LogP contribution is -2.39. The number of amides is 1. The summed E-state index contributed by atoms with van der Waals surface area (Å²) in [4.78, 5) is 15.4. The molecule has 1 amide bonds. The highest BCUT2D eigenvalue weighted by atomic mass is 32.2. The summed E-state index contributed by atoms with van der Waals surface area (Å²) in [5.41, 5.74) is 5.00. The molecule has 0 spiro atoms. The maximum absolute atomic E-state index is 13.4. The first-order valence-corrected chi connectivity index (χ1v) is 16.3. The topological polar surface area (TPSA) is 82.4 Å². The Morgan fingerprint density at radius 2 is 1.65 bits per heavy atom. The highest BCUT2D eigenvalue weighted by molar-refractivity contribution is 8.15. The van der Waals surface area contributed by atoms with E-state index >= 15 is 0 Å². The molecule has 2 aliphatic heterocycles. The van der Waals surface area contributed by atoms with Crippen LogP contribution in [-0.2, 0) is 21.2 Å². The third kappa shape index (κ3) is 4.36. The number of carbonyl (C=O) groups excluding carboxylic acids is 1. The SMILES string of the molecule is O=C1CCSC(=NS(=O)(=O)c2ccc(N3N=C4c5ccccc5CC4C3c3cccs3)cc2)N1c1ccccc1. The van der Waals surface area contributed by atoms with Crippen molar-refractivity contribution in [3.63, 3.8) is 0 Å². The molecule has 1 aliphatic carbocycles. The molecule has 7 rings (SSSR count). The van der Waals surface area contributed by atoms with Crippen LogP contribution in [-0.4, -0.2) is 31.0 Å². The van der Waals surface area contributed by atoms with Crippen molar-refractivity contribution in [2.45, 2.75) is 23.8 Å². The lowest BCUT2D eigenvalue weighted by atomic mass is 9.94. The molecule has 1 aromatic heterocycles. The van der Waals surface area contributed by atoms with Gasteiger partial charge in [0.2, 0.25) is 5.91 Å². The van der Waals surface area contributed by atoms with Gasteiger partial charge in [0.05, 0.1) is 28.0 Å². The average molecular weight is 585 g/mol. The molecule has 0 N–H and O–H groups in total. The molecule has 0 saturated carbocycles. The Morgan fingerprint density at radius 1 is 0.875 bits per heavy atom. The first-order chi connectivity index (χ1) is 19.5. The predicted octanol–water partition coefficient (Wildman–Crippen LogP) is 6.10. The molecule has 4 aromatic rings. The normalized spacial score (nSPS) is 21.4. The van der Waals surface area contributed by atoms with Crippen LogP contribution in [0.25, 0.3) is 0 Å². The number of thiophene rings is 1. The largest absolute Gasteiger partial charge is 0.284 e. The van der Waals surface area contributed by atoms with Gasteiger partial charge in [-0.15, -0.1) is 15.7 Å². The molecule has 2 unspecified atom stereocenters. The molecular weight excluding hydrogens is 561 g/mol. The number of rotatable bonds is 5. The van der Waals surface area contributed by atoms with E-state index in [9.17, 15) is 13.2 Å². The average Bonchev–Trinajstić information content (AvgIpc) is 3.70. The Hall–Kier alpha value is -3.73. The van der Waals surface area contributed by atoms with Crippen LogP contribution in [0.5, 0.6) is 0 Å². The summed E-state index contributed by atoms with van der Waals surface area (Å²) >= 11 is 2.98. The maximum atomic E-state index is 13.4. The van der Waals surface area contributed by atoms with Gasteiger partial charge < -0.3 is 0 Å². The summed E-state index contributed by atoms with van der Waals surface area (Å²) in [6.45, 7) is 0. The summed E-state index contributed by atoms with van der Waals surface area (Å²) in [6, 6.07) is 28.4. The van der Waals surface area contributed by atoms with Gasteiger partial charge in [-0.3, -0.25) is 14.7 Å². The molecule has 3 aliphatic rings. The van der Waals surface area contributed by atoms with E-state index in [1.165, 1.54) is 32.7 Å². The first kappa shape index (κ1) is 25.3. The van der Waals surface area contributed by atoms with Crippen LogP contribution in [0, 0.1) is 5.92 Å². The molecule has 7 nitrogen and oxygen atoms in total. The van der Waals surface area contributed by atoms with E-state index in [1.807, 2.05) is 29.3 Å². The number of para-hydroxylation sites is 1. The zero-order valence-corrected chi connectivity index (χ0v) is 23.7. The zero-order chi connectivity index (χ0) is 27.3. The number of amidine groups is 1. The Labute approximate surface area is 240 Å². The van der Waals surface area contributed by atoms with Gasteiger partial charge in [0, 0.05) is 28.5 Å². The van der Waals surface area contributed by atoms with E-state index < -0.39 is 10.0 Å². The second-order valence-electron chi connectivity index (χ2n) is 9.76. The number of fused-ring (bicyclic) bond motifs is 3. The van der Waals surface area contributed by atoms with E-state index in [0.29, 0.717) is 17.9 Å². The van der Waals surface area contributed by atoms with Crippen LogP contribution in [0.1, 0.15) is 28.5 Å². The van der Waals surface area contributed by atoms with Gasteiger partial charge in [-0.25, -0.2) is 0 Å². The third-order valence-corrected chi connectivity index (χ3v) is 10.7. The monoisotopic (exact) mass is 584 g/mol. The molecule has 0 radical (unpaired) electrons. The summed E-state index contributed by atoms with van der Waals surface area (Å²) in [5.74, 6) is 0.545. The van der Waals surface area contributed by atoms with Gasteiger partial charge in [-0.05, 0) is 59.8 Å². The number of hydrogen-bond donors (Lipinski definition) is 0. The highest BCUT2D eigenvalue weighted by Crippen LogP contribution is 2.47. The smallest absolute Gasteiger partial charge is 0.274 e. The van der Waals surface area contributed by atoms with Gasteiger partial charge in [-0.1, -0.05) is 60.3 Å². The van der Waals surface area contributed by atoms with Crippen LogP contribution in [0.2, 0.25) is 0 Å². The van der Waals surface area contributed by atoms with Crippen molar-refractivity contribution in [1.29, 1.82) is 0 Å². The number of anilines is 2. The number of thioether (sulfide) groups is 1. The minimum atomic E-state index is -4.06. The Kier molecular flexibility index (Phi) is 6.33. The number of carbonyl (C=O) groups is 1. The second-order valence-corrected chi connectivity index (χ2v) is 13.4. The Bertz CT molecular complexity index is 1750. The lowest BCUT2D eigenvalue weighted by molar-refractivity contribution is -0.117. The van der Waals surface area contributed by atoms with Gasteiger partial charge in [0.15, 0.2) is 5.17 Å². The van der Waals surface area contributed by atoms with E-state index in [-0.39, 0.29) is 27.9 Å². The lowest BCUT2D eigenvalue weighted by Gasteiger charge is -2.27. The number of benzene rings is 3. The van der Waals surface area contributed by atoms with Crippen molar-refractivity contribution in [2.24, 2.45) is 15.4 Å². The van der Waals surface area contributed by atoms with Crippen molar-refractivity contribution >= 4 is 61.3 Å². The van der Waals surface area contributed by atoms with Gasteiger partial charge in [0.25, 0.3) is 10.0 Å². The Morgan fingerprint density at radius 3 is 2.42 bits per heavy atom. The molecule has 40 heavy (non-hydrogen) atoms. The highest BCUT2D eigenvalue weighted by Gasteiger charge is 2.44. The molecule has 3 heterocycles. The van der Waals surface area contributed by atoms with Gasteiger partial charge in [0.1, 0.15) is 0 Å². The summed E-state index contributed by atoms with van der Waals surface area (Å²) in [7, 11) is -4.06. The van der Waals surface area contributed by atoms with Crippen molar-refractivity contribution in [3.05, 3.63) is 112 Å². The number of sulfonamides is 1. The van der Waals surface area contributed by atoms with Crippen molar-refractivity contribution < 1.29 is 13.2 Å². The van der Waals surface area contributed by atoms with E-state index in [1.54, 1.807) is 47.7 Å². The quantitative estimate of drug-likeness (QED) is 0.283. The van der Waals surface area contributed by atoms with E-state index in [2.05, 4.69) is 40.1 Å². The third-order valence-electron chi connectivity index (χ3n) is 7.38. The van der Waals surface area contributed by atoms with Gasteiger partial charge in [-0.2, -0.15) is 13.5 Å². The first-order valence-electron chi connectivity index (χ1n) is 12.9. The molecule has 2 atom stereocenters. The fraction of sp³-hybridized carbons (Fsp3) is 0.167. The predicted molar refractivity (Wildman–Crippen MR) is 162 cm³/mol. The summed E-state index contributed by atoms with van der Waals surface area (Å²) in [5, 5.41) is 9.34. The molecule has 200 valence electrons. The summed E-state index contributed by atoms with van der Waals surface area (Å²) in [6.07, 6.45) is 1.24. The molecule has 1 saturated heterocycles. The van der Waals surface area contributed by atoms with Crippen molar-refractivity contribution in [2.75, 3.05) is 15.7 Å². The molecule has 1 fully saturated rings. The fourth-order valence-electron chi connectivity index (χ4n) is 5.55. The van der Waals surface area contributed by atoms with Crippen LogP contribution >= 0.6 is 23.1 Å². The van der Waals surface area contributed by atoms with E-state index in [4.69, 9.17) is 5.10 Å². The summed E-state index contributed by atoms with van der Waals surface area (Å²) < 4.78 is 30.9. The van der Waals surface area contributed by atoms with Crippen LogP contribution < -0.4 is 9.91 Å². The number of hydrazone groups is 1. The fourth-order valence-corrected chi connectivity index (χ4v) is 8.60.